The van der Waals surface area contributed by atoms with Crippen molar-refractivity contribution < 1.29 is 14.4 Å². The van der Waals surface area contributed by atoms with E-state index in [1.165, 1.54) is 24.2 Å². The van der Waals surface area contributed by atoms with Gasteiger partial charge in [0.15, 0.2) is 5.13 Å². The summed E-state index contributed by atoms with van der Waals surface area (Å²) in [5.41, 5.74) is 8.24. The number of imidazole rings is 1. The number of nitrogen functional groups attached to an aromatic ring is 1. The average molecular weight is 524 g/mol. The molecule has 196 valence electrons. The lowest BCUT2D eigenvalue weighted by Crippen LogP contribution is -2.27. The number of amides is 3. The van der Waals surface area contributed by atoms with Gasteiger partial charge in [-0.3, -0.25) is 19.7 Å². The predicted molar refractivity (Wildman–Crippen MR) is 145 cm³/mol. The van der Waals surface area contributed by atoms with Gasteiger partial charge in [0, 0.05) is 50.6 Å². The summed E-state index contributed by atoms with van der Waals surface area (Å²) in [4.78, 5) is 50.1. The van der Waals surface area contributed by atoms with E-state index >= 15 is 0 Å². The third-order valence-electron chi connectivity index (χ3n) is 7.39. The number of nitrogens with two attached hydrogens (primary N) is 1. The van der Waals surface area contributed by atoms with Crippen LogP contribution in [-0.4, -0.2) is 57.3 Å². The Balaban J connectivity index is 1.37. The lowest BCUT2D eigenvalue weighted by molar-refractivity contribution is -0.127. The minimum absolute atomic E-state index is 0.107. The Morgan fingerprint density at radius 3 is 2.70 bits per heavy atom. The van der Waals surface area contributed by atoms with Crippen LogP contribution in [0.25, 0.3) is 11.0 Å². The number of fused-ring (bicyclic) bond motifs is 1. The number of carbonyl (C=O) groups is 3. The molecule has 3 aromatic rings. The normalized spacial score (nSPS) is 16.1. The molecule has 1 saturated heterocycles. The van der Waals surface area contributed by atoms with E-state index in [2.05, 4.69) is 10.3 Å². The molecule has 1 aliphatic carbocycles. The van der Waals surface area contributed by atoms with Crippen LogP contribution < -0.4 is 16.0 Å². The van der Waals surface area contributed by atoms with Crippen LogP contribution in [0.4, 0.5) is 16.8 Å². The summed E-state index contributed by atoms with van der Waals surface area (Å²) in [6.07, 6.45) is 7.47. The number of benzene rings is 1. The van der Waals surface area contributed by atoms with E-state index in [4.69, 9.17) is 10.7 Å². The molecular weight excluding hydrogens is 490 g/mol. The van der Waals surface area contributed by atoms with Crippen molar-refractivity contribution in [1.29, 1.82) is 0 Å². The summed E-state index contributed by atoms with van der Waals surface area (Å²) in [7, 11) is 1.80. The van der Waals surface area contributed by atoms with Crippen molar-refractivity contribution >= 4 is 56.9 Å². The number of nitrogens with zero attached hydrogens (tertiary/aromatic N) is 5. The van der Waals surface area contributed by atoms with Crippen LogP contribution in [0.3, 0.4) is 0 Å². The fourth-order valence-corrected chi connectivity index (χ4v) is 5.85. The maximum absolute atomic E-state index is 12.9. The molecule has 11 heteroatoms. The summed E-state index contributed by atoms with van der Waals surface area (Å²) < 4.78 is 1.95. The molecule has 0 spiro atoms. The molecule has 3 amide bonds. The molecule has 1 aliphatic heterocycles. The van der Waals surface area contributed by atoms with Crippen molar-refractivity contribution in [3.8, 4) is 0 Å². The number of rotatable bonds is 9. The van der Waals surface area contributed by atoms with E-state index in [9.17, 15) is 14.4 Å². The molecule has 0 unspecified atom stereocenters. The number of nitrogens with one attached hydrogen (secondary N) is 1. The zero-order valence-corrected chi connectivity index (χ0v) is 21.9. The van der Waals surface area contributed by atoms with Gasteiger partial charge in [-0.15, -0.1) is 11.3 Å². The zero-order chi connectivity index (χ0) is 25.9. The Morgan fingerprint density at radius 2 is 2.00 bits per heavy atom. The molecule has 2 aliphatic rings. The van der Waals surface area contributed by atoms with Crippen LogP contribution in [0.5, 0.6) is 0 Å². The first kappa shape index (κ1) is 25.2. The molecule has 0 radical (unpaired) electrons. The van der Waals surface area contributed by atoms with E-state index in [-0.39, 0.29) is 23.4 Å². The van der Waals surface area contributed by atoms with Gasteiger partial charge in [-0.2, -0.15) is 0 Å². The maximum atomic E-state index is 12.9. The van der Waals surface area contributed by atoms with Crippen LogP contribution in [0.1, 0.15) is 61.9 Å². The summed E-state index contributed by atoms with van der Waals surface area (Å²) >= 11 is 1.20. The number of thiazole rings is 1. The number of aromatic nitrogens is 3. The highest BCUT2D eigenvalue weighted by Crippen LogP contribution is 2.30. The number of hydrogen-bond acceptors (Lipinski definition) is 7. The molecule has 2 fully saturated rings. The fraction of sp³-hybridized carbons (Fsp3) is 0.500. The van der Waals surface area contributed by atoms with Crippen molar-refractivity contribution in [2.24, 2.45) is 5.92 Å². The molecule has 0 atom stereocenters. The summed E-state index contributed by atoms with van der Waals surface area (Å²) in [5, 5.41) is 4.81. The Kier molecular flexibility index (Phi) is 7.40. The fourth-order valence-electron chi connectivity index (χ4n) is 5.31. The van der Waals surface area contributed by atoms with Crippen LogP contribution in [0.15, 0.2) is 23.6 Å². The van der Waals surface area contributed by atoms with Crippen molar-refractivity contribution in [1.82, 2.24) is 19.4 Å². The maximum Gasteiger partial charge on any atom is 0.277 e. The molecule has 1 saturated carbocycles. The SMILES string of the molecule is CN(C(=O)CC1CCCC1)c1ccc2c(c1)nc(NC(=O)c1csc(N)n1)n2CCCN1CCCC1=O. The van der Waals surface area contributed by atoms with Gasteiger partial charge < -0.3 is 20.1 Å². The first-order chi connectivity index (χ1) is 17.9. The number of hydrogen-bond donors (Lipinski definition) is 2. The van der Waals surface area contributed by atoms with Crippen molar-refractivity contribution in [3.05, 3.63) is 29.3 Å². The van der Waals surface area contributed by atoms with Crippen LogP contribution in [0.2, 0.25) is 0 Å². The molecule has 1 aromatic carbocycles. The molecule has 3 N–H and O–H groups in total. The van der Waals surface area contributed by atoms with Crippen molar-refractivity contribution in [2.75, 3.05) is 36.1 Å². The molecular formula is C26H33N7O3S. The van der Waals surface area contributed by atoms with Crippen molar-refractivity contribution in [2.45, 2.75) is 57.9 Å². The third-order valence-corrected chi connectivity index (χ3v) is 8.07. The van der Waals surface area contributed by atoms with Crippen molar-refractivity contribution in [3.63, 3.8) is 0 Å². The quantitative estimate of drug-likeness (QED) is 0.438. The van der Waals surface area contributed by atoms with Gasteiger partial charge in [0.2, 0.25) is 17.8 Å². The number of aryl methyl sites for hydroxylation is 1. The van der Waals surface area contributed by atoms with E-state index in [0.717, 1.165) is 43.4 Å². The third kappa shape index (κ3) is 5.61. The molecule has 0 bridgehead atoms. The van der Waals surface area contributed by atoms with E-state index in [0.29, 0.717) is 48.4 Å². The highest BCUT2D eigenvalue weighted by atomic mass is 32.1. The zero-order valence-electron chi connectivity index (χ0n) is 21.1. The minimum Gasteiger partial charge on any atom is -0.375 e. The Morgan fingerprint density at radius 1 is 1.19 bits per heavy atom. The second kappa shape index (κ2) is 10.9. The molecule has 5 rings (SSSR count). The lowest BCUT2D eigenvalue weighted by atomic mass is 10.0. The average Bonchev–Trinajstić information content (AvgIpc) is 3.68. The standard InChI is InChI=1S/C26H33N7O3S/c1-31(23(35)14-17-6-2-3-7-17)18-9-10-21-19(15-18)29-26(30-24(36)20-16-37-25(27)28-20)33(21)13-5-12-32-11-4-8-22(32)34/h9-10,15-17H,2-8,11-14H2,1H3,(H2,27,28)(H,29,30,36). The second-order valence-corrected chi connectivity index (χ2v) is 10.8. The van der Waals surface area contributed by atoms with Gasteiger partial charge in [0.25, 0.3) is 5.91 Å². The largest absolute Gasteiger partial charge is 0.375 e. The monoisotopic (exact) mass is 523 g/mol. The van der Waals surface area contributed by atoms with Gasteiger partial charge in [-0.05, 0) is 49.8 Å². The van der Waals surface area contributed by atoms with E-state index in [1.54, 1.807) is 17.3 Å². The molecule has 3 heterocycles. The Hall–Kier alpha value is -3.47. The van der Waals surface area contributed by atoms with Gasteiger partial charge >= 0.3 is 0 Å². The molecule has 37 heavy (non-hydrogen) atoms. The highest BCUT2D eigenvalue weighted by Gasteiger charge is 2.23. The first-order valence-corrected chi connectivity index (χ1v) is 13.8. The van der Waals surface area contributed by atoms with E-state index < -0.39 is 0 Å². The van der Waals surface area contributed by atoms with Crippen LogP contribution >= 0.6 is 11.3 Å². The summed E-state index contributed by atoms with van der Waals surface area (Å²) in [6, 6.07) is 5.75. The van der Waals surface area contributed by atoms with E-state index in [1.807, 2.05) is 27.7 Å². The summed E-state index contributed by atoms with van der Waals surface area (Å²) in [6.45, 7) is 2.03. The highest BCUT2D eigenvalue weighted by molar-refractivity contribution is 7.13. The smallest absolute Gasteiger partial charge is 0.277 e. The predicted octanol–water partition coefficient (Wildman–Crippen LogP) is 3.88. The number of anilines is 3. The van der Waals surface area contributed by atoms with Gasteiger partial charge in [0.1, 0.15) is 5.69 Å². The Bertz CT molecular complexity index is 1310. The van der Waals surface area contributed by atoms with Gasteiger partial charge in [-0.1, -0.05) is 12.8 Å². The van der Waals surface area contributed by atoms with Crippen LogP contribution in [-0.2, 0) is 16.1 Å². The second-order valence-electron chi connectivity index (χ2n) is 9.93. The summed E-state index contributed by atoms with van der Waals surface area (Å²) in [5.74, 6) is 0.789. The molecule has 10 nitrogen and oxygen atoms in total. The number of likely N-dealkylation sites (tertiary alicyclic amines) is 1. The minimum atomic E-state index is -0.386. The van der Waals surface area contributed by atoms with Gasteiger partial charge in [-0.25, -0.2) is 9.97 Å². The van der Waals surface area contributed by atoms with Crippen LogP contribution in [0, 0.1) is 5.92 Å². The lowest BCUT2D eigenvalue weighted by Gasteiger charge is -2.19. The topological polar surface area (TPSA) is 126 Å². The molecule has 2 aromatic heterocycles. The first-order valence-electron chi connectivity index (χ1n) is 13.0. The Labute approximate surface area is 219 Å². The number of carbonyl (C=O) groups excluding carboxylic acids is 3. The van der Waals surface area contributed by atoms with Gasteiger partial charge in [0.05, 0.1) is 11.0 Å².